The minimum atomic E-state index is -2.86. The van der Waals surface area contributed by atoms with Gasteiger partial charge in [-0.05, 0) is 13.0 Å². The van der Waals surface area contributed by atoms with E-state index >= 15 is 0 Å². The zero-order chi connectivity index (χ0) is 14.5. The van der Waals surface area contributed by atoms with Gasteiger partial charge in [0.25, 0.3) is 6.43 Å². The summed E-state index contributed by atoms with van der Waals surface area (Å²) in [7, 11) is 0. The number of aryl methyl sites for hydroxylation is 2. The predicted molar refractivity (Wildman–Crippen MR) is 63.2 cm³/mol. The number of carbonyl (C=O) groups is 1. The quantitative estimate of drug-likeness (QED) is 0.748. The number of alkyl halides is 2. The van der Waals surface area contributed by atoms with Crippen LogP contribution in [0, 0.1) is 0 Å². The van der Waals surface area contributed by atoms with Crippen molar-refractivity contribution < 1.29 is 18.3 Å². The molecule has 0 unspecified atom stereocenters. The van der Waals surface area contributed by atoms with Gasteiger partial charge in [-0.25, -0.2) is 18.3 Å². The molecule has 2 aromatic heterocycles. The molecule has 0 fully saturated rings. The number of hydrogen-bond donors (Lipinski definition) is 0. The Morgan fingerprint density at radius 3 is 2.85 bits per heavy atom. The first kappa shape index (κ1) is 14.1. The summed E-state index contributed by atoms with van der Waals surface area (Å²) in [5, 5.41) is 11.0. The van der Waals surface area contributed by atoms with Gasteiger partial charge in [-0.15, -0.1) is 5.10 Å². The Morgan fingerprint density at radius 1 is 1.45 bits per heavy atom. The second kappa shape index (κ2) is 6.22. The lowest BCUT2D eigenvalue weighted by molar-refractivity contribution is 0.0506. The van der Waals surface area contributed by atoms with Crippen LogP contribution in [0.1, 0.15) is 29.5 Å². The number of nitrogens with zero attached hydrogens (tertiary/aromatic N) is 5. The van der Waals surface area contributed by atoms with Crippen LogP contribution in [0.2, 0.25) is 0 Å². The molecule has 7 nitrogen and oxygen atoms in total. The van der Waals surface area contributed by atoms with E-state index in [1.165, 1.54) is 0 Å². The number of aromatic nitrogens is 5. The van der Waals surface area contributed by atoms with E-state index < -0.39 is 23.8 Å². The summed E-state index contributed by atoms with van der Waals surface area (Å²) in [5.41, 5.74) is -0.974. The summed E-state index contributed by atoms with van der Waals surface area (Å²) < 4.78 is 33.4. The van der Waals surface area contributed by atoms with Crippen LogP contribution in [-0.4, -0.2) is 37.4 Å². The molecule has 0 radical (unpaired) electrons. The third-order valence-corrected chi connectivity index (χ3v) is 2.55. The van der Waals surface area contributed by atoms with Crippen molar-refractivity contribution >= 4 is 5.97 Å². The summed E-state index contributed by atoms with van der Waals surface area (Å²) in [4.78, 5) is 11.5. The molecule has 2 rings (SSSR count). The summed E-state index contributed by atoms with van der Waals surface area (Å²) in [5.74, 6) is -0.895. The Balaban J connectivity index is 2.18. The molecule has 0 spiro atoms. The zero-order valence-corrected chi connectivity index (χ0v) is 10.7. The summed E-state index contributed by atoms with van der Waals surface area (Å²) in [6.07, 6.45) is 0.423. The van der Waals surface area contributed by atoms with Gasteiger partial charge in [0.15, 0.2) is 5.69 Å². The molecule has 0 saturated heterocycles. The monoisotopic (exact) mass is 285 g/mol. The molecule has 2 aromatic rings. The van der Waals surface area contributed by atoms with E-state index in [9.17, 15) is 13.6 Å². The lowest BCUT2D eigenvalue weighted by Crippen LogP contribution is -2.14. The fraction of sp³-hybridized carbons (Fsp3) is 0.455. The molecule has 0 aliphatic rings. The van der Waals surface area contributed by atoms with Crippen molar-refractivity contribution in [2.45, 2.75) is 26.4 Å². The van der Waals surface area contributed by atoms with Crippen molar-refractivity contribution in [1.82, 2.24) is 24.8 Å². The van der Waals surface area contributed by atoms with Crippen LogP contribution in [0.15, 0.2) is 18.5 Å². The minimum Gasteiger partial charge on any atom is -0.461 e. The lowest BCUT2D eigenvalue weighted by Gasteiger charge is -2.07. The molecule has 0 amide bonds. The minimum absolute atomic E-state index is 0.0850. The van der Waals surface area contributed by atoms with Crippen LogP contribution in [0.5, 0.6) is 0 Å². The second-order valence-corrected chi connectivity index (χ2v) is 3.84. The Hall–Kier alpha value is -2.32. The van der Waals surface area contributed by atoms with Gasteiger partial charge in [0, 0.05) is 12.4 Å². The SMILES string of the molecule is CCOC(=O)c1nnn(CCn2cccn2)c1C(F)F. The molecular weight excluding hydrogens is 272 g/mol. The number of halogens is 2. The molecule has 0 bridgehead atoms. The van der Waals surface area contributed by atoms with Crippen molar-refractivity contribution in [3.05, 3.63) is 29.8 Å². The largest absolute Gasteiger partial charge is 0.461 e. The van der Waals surface area contributed by atoms with Crippen molar-refractivity contribution in [3.8, 4) is 0 Å². The highest BCUT2D eigenvalue weighted by atomic mass is 19.3. The van der Waals surface area contributed by atoms with E-state index in [-0.39, 0.29) is 13.2 Å². The predicted octanol–water partition coefficient (Wildman–Crippen LogP) is 1.29. The second-order valence-electron chi connectivity index (χ2n) is 3.84. The summed E-state index contributed by atoms with van der Waals surface area (Å²) >= 11 is 0. The highest BCUT2D eigenvalue weighted by Crippen LogP contribution is 2.22. The van der Waals surface area contributed by atoms with Crippen LogP contribution >= 0.6 is 0 Å². The van der Waals surface area contributed by atoms with Crippen molar-refractivity contribution in [1.29, 1.82) is 0 Å². The van der Waals surface area contributed by atoms with Gasteiger partial charge in [-0.3, -0.25) is 4.68 Å². The third kappa shape index (κ3) is 2.98. The van der Waals surface area contributed by atoms with E-state index in [1.54, 1.807) is 30.1 Å². The lowest BCUT2D eigenvalue weighted by atomic mass is 10.3. The topological polar surface area (TPSA) is 74.8 Å². The van der Waals surface area contributed by atoms with E-state index in [2.05, 4.69) is 20.1 Å². The first-order chi connectivity index (χ1) is 9.63. The fourth-order valence-electron chi connectivity index (χ4n) is 1.68. The van der Waals surface area contributed by atoms with E-state index in [1.807, 2.05) is 0 Å². The molecule has 0 aromatic carbocycles. The number of esters is 1. The first-order valence-electron chi connectivity index (χ1n) is 5.99. The molecule has 0 atom stereocenters. The van der Waals surface area contributed by atoms with Gasteiger partial charge in [-0.1, -0.05) is 5.21 Å². The average molecular weight is 285 g/mol. The van der Waals surface area contributed by atoms with Crippen LogP contribution in [0.25, 0.3) is 0 Å². The maximum absolute atomic E-state index is 13.1. The summed E-state index contributed by atoms with van der Waals surface area (Å²) in [6.45, 7) is 2.15. The molecule has 0 N–H and O–H groups in total. The van der Waals surface area contributed by atoms with E-state index in [0.29, 0.717) is 6.54 Å². The van der Waals surface area contributed by atoms with Crippen LogP contribution in [0.3, 0.4) is 0 Å². The molecule has 20 heavy (non-hydrogen) atoms. The Bertz CT molecular complexity index is 567. The molecule has 2 heterocycles. The molecule has 108 valence electrons. The molecule has 0 aliphatic carbocycles. The molecular formula is C11H13F2N5O2. The number of rotatable bonds is 6. The maximum atomic E-state index is 13.1. The Labute approximate surface area is 113 Å². The van der Waals surface area contributed by atoms with Crippen molar-refractivity contribution in [3.63, 3.8) is 0 Å². The van der Waals surface area contributed by atoms with Gasteiger partial charge in [0.05, 0.1) is 19.7 Å². The normalized spacial score (nSPS) is 11.0. The van der Waals surface area contributed by atoms with Gasteiger partial charge in [-0.2, -0.15) is 5.10 Å². The highest BCUT2D eigenvalue weighted by Gasteiger charge is 2.27. The first-order valence-corrected chi connectivity index (χ1v) is 5.99. The molecule has 0 aliphatic heterocycles. The average Bonchev–Trinajstić information content (AvgIpc) is 3.05. The Kier molecular flexibility index (Phi) is 4.38. The van der Waals surface area contributed by atoms with E-state index in [0.717, 1.165) is 4.68 Å². The maximum Gasteiger partial charge on any atom is 0.361 e. The van der Waals surface area contributed by atoms with Crippen LogP contribution < -0.4 is 0 Å². The zero-order valence-electron chi connectivity index (χ0n) is 10.7. The van der Waals surface area contributed by atoms with Crippen molar-refractivity contribution in [2.24, 2.45) is 0 Å². The fourth-order valence-corrected chi connectivity index (χ4v) is 1.68. The smallest absolute Gasteiger partial charge is 0.361 e. The van der Waals surface area contributed by atoms with E-state index in [4.69, 9.17) is 0 Å². The number of hydrogen-bond acceptors (Lipinski definition) is 5. The number of ether oxygens (including phenoxy) is 1. The van der Waals surface area contributed by atoms with Gasteiger partial charge in [0.1, 0.15) is 5.69 Å². The standard InChI is InChI=1S/C11H13F2N5O2/c1-2-20-11(19)8-9(10(12)13)18(16-15-8)7-6-17-5-3-4-14-17/h3-5,10H,2,6-7H2,1H3. The highest BCUT2D eigenvalue weighted by molar-refractivity contribution is 5.88. The van der Waals surface area contributed by atoms with Crippen LogP contribution in [0.4, 0.5) is 8.78 Å². The van der Waals surface area contributed by atoms with Gasteiger partial charge >= 0.3 is 5.97 Å². The molecule has 0 saturated carbocycles. The third-order valence-electron chi connectivity index (χ3n) is 2.55. The Morgan fingerprint density at radius 2 is 2.25 bits per heavy atom. The number of carbonyl (C=O) groups excluding carboxylic acids is 1. The van der Waals surface area contributed by atoms with Gasteiger partial charge in [0.2, 0.25) is 0 Å². The van der Waals surface area contributed by atoms with Crippen molar-refractivity contribution in [2.75, 3.05) is 6.61 Å². The van der Waals surface area contributed by atoms with Crippen LogP contribution in [-0.2, 0) is 17.8 Å². The summed E-state index contributed by atoms with van der Waals surface area (Å²) in [6, 6.07) is 1.72. The molecule has 9 heteroatoms. The van der Waals surface area contributed by atoms with Gasteiger partial charge < -0.3 is 4.74 Å².